The number of para-hydroxylation sites is 1. The summed E-state index contributed by atoms with van der Waals surface area (Å²) in [6, 6.07) is 9.35. The van der Waals surface area contributed by atoms with Crippen molar-refractivity contribution in [1.82, 2.24) is 0 Å². The molecule has 0 amide bonds. The Kier molecular flexibility index (Phi) is 3.64. The van der Waals surface area contributed by atoms with Gasteiger partial charge in [0, 0.05) is 6.42 Å². The van der Waals surface area contributed by atoms with Crippen molar-refractivity contribution in [2.45, 2.75) is 38.1 Å². The average Bonchev–Trinajstić information content (AvgIpc) is 2.29. The first-order valence-electron chi connectivity index (χ1n) is 5.74. The van der Waals surface area contributed by atoms with Crippen LogP contribution in [0.2, 0.25) is 0 Å². The third-order valence-corrected chi connectivity index (χ3v) is 2.78. The maximum atomic E-state index is 11.2. The molecule has 0 spiro atoms. The molecular weight excluding hydrogens is 220 g/mol. The highest BCUT2D eigenvalue weighted by Gasteiger charge is 2.32. The van der Waals surface area contributed by atoms with Gasteiger partial charge in [-0.3, -0.25) is 4.79 Å². The summed E-state index contributed by atoms with van der Waals surface area (Å²) in [4.78, 5) is 11.2. The molecular formula is C13H16O4. The van der Waals surface area contributed by atoms with E-state index in [1.807, 2.05) is 37.3 Å². The van der Waals surface area contributed by atoms with Crippen LogP contribution in [0.5, 0.6) is 5.75 Å². The van der Waals surface area contributed by atoms with Crippen LogP contribution in [0.15, 0.2) is 30.3 Å². The Morgan fingerprint density at radius 3 is 2.76 bits per heavy atom. The fourth-order valence-corrected chi connectivity index (χ4v) is 1.89. The number of carbonyl (C=O) groups excluding carboxylic acids is 1. The van der Waals surface area contributed by atoms with E-state index in [1.54, 1.807) is 0 Å². The third kappa shape index (κ3) is 3.20. The molecule has 4 heteroatoms. The van der Waals surface area contributed by atoms with Crippen LogP contribution < -0.4 is 4.74 Å². The lowest BCUT2D eigenvalue weighted by atomic mass is 10.0. The number of esters is 1. The van der Waals surface area contributed by atoms with E-state index in [4.69, 9.17) is 9.47 Å². The summed E-state index contributed by atoms with van der Waals surface area (Å²) in [7, 11) is 0. The van der Waals surface area contributed by atoms with Gasteiger partial charge in [-0.05, 0) is 19.1 Å². The van der Waals surface area contributed by atoms with E-state index in [9.17, 15) is 9.90 Å². The van der Waals surface area contributed by atoms with Crippen LogP contribution in [-0.4, -0.2) is 29.4 Å². The number of carbonyl (C=O) groups is 1. The predicted molar refractivity (Wildman–Crippen MR) is 61.7 cm³/mol. The molecule has 2 rings (SSSR count). The standard InChI is InChI=1S/C13H16O4/c1-9(16-11-5-3-2-4-6-11)12-7-10(14)8-13(15)17-12/h2-6,9-10,12,14H,7-8H2,1H3. The summed E-state index contributed by atoms with van der Waals surface area (Å²) in [5.74, 6) is 0.369. The number of hydrogen-bond donors (Lipinski definition) is 1. The van der Waals surface area contributed by atoms with Crippen molar-refractivity contribution in [3.8, 4) is 5.75 Å². The van der Waals surface area contributed by atoms with Crippen LogP contribution >= 0.6 is 0 Å². The summed E-state index contributed by atoms with van der Waals surface area (Å²) in [6.07, 6.45) is -0.764. The normalized spacial score (nSPS) is 26.1. The number of hydrogen-bond acceptors (Lipinski definition) is 4. The van der Waals surface area contributed by atoms with Crippen LogP contribution in [0.1, 0.15) is 19.8 Å². The number of aliphatic hydroxyl groups is 1. The molecule has 1 heterocycles. The molecule has 0 aliphatic carbocycles. The van der Waals surface area contributed by atoms with Gasteiger partial charge in [0.15, 0.2) is 0 Å². The zero-order valence-electron chi connectivity index (χ0n) is 9.70. The van der Waals surface area contributed by atoms with Crippen molar-refractivity contribution in [2.24, 2.45) is 0 Å². The zero-order chi connectivity index (χ0) is 12.3. The summed E-state index contributed by atoms with van der Waals surface area (Å²) in [6.45, 7) is 1.84. The molecule has 4 nitrogen and oxygen atoms in total. The highest BCUT2D eigenvalue weighted by atomic mass is 16.6. The van der Waals surface area contributed by atoms with Gasteiger partial charge in [0.25, 0.3) is 0 Å². The quantitative estimate of drug-likeness (QED) is 0.808. The van der Waals surface area contributed by atoms with Crippen LogP contribution in [0, 0.1) is 0 Å². The molecule has 0 aromatic heterocycles. The Morgan fingerprint density at radius 1 is 1.41 bits per heavy atom. The minimum absolute atomic E-state index is 0.0779. The molecule has 1 aromatic carbocycles. The summed E-state index contributed by atoms with van der Waals surface area (Å²) in [5.41, 5.74) is 0. The molecule has 1 fully saturated rings. The number of cyclic esters (lactones) is 1. The lowest BCUT2D eigenvalue weighted by Crippen LogP contribution is -2.41. The Bertz CT molecular complexity index is 376. The molecule has 3 unspecified atom stereocenters. The number of aliphatic hydroxyl groups excluding tert-OH is 1. The molecule has 1 N–H and O–H groups in total. The monoisotopic (exact) mass is 236 g/mol. The maximum Gasteiger partial charge on any atom is 0.308 e. The minimum Gasteiger partial charge on any atom is -0.487 e. The molecule has 1 aliphatic rings. The van der Waals surface area contributed by atoms with Gasteiger partial charge in [-0.1, -0.05) is 18.2 Å². The van der Waals surface area contributed by atoms with Gasteiger partial charge in [-0.25, -0.2) is 0 Å². The fraction of sp³-hybridized carbons (Fsp3) is 0.462. The Morgan fingerprint density at radius 2 is 2.12 bits per heavy atom. The Balaban J connectivity index is 1.95. The molecule has 1 aromatic rings. The van der Waals surface area contributed by atoms with Crippen molar-refractivity contribution < 1.29 is 19.4 Å². The second kappa shape index (κ2) is 5.19. The first-order chi connectivity index (χ1) is 8.15. The molecule has 0 saturated carbocycles. The SMILES string of the molecule is CC(Oc1ccccc1)C1CC(O)CC(=O)O1. The number of benzene rings is 1. The van der Waals surface area contributed by atoms with Crippen LogP contribution in [0.4, 0.5) is 0 Å². The largest absolute Gasteiger partial charge is 0.487 e. The Hall–Kier alpha value is -1.55. The van der Waals surface area contributed by atoms with Crippen LogP contribution in [0.25, 0.3) is 0 Å². The Labute approximate surface area is 100 Å². The van der Waals surface area contributed by atoms with Gasteiger partial charge in [-0.2, -0.15) is 0 Å². The second-order valence-corrected chi connectivity index (χ2v) is 4.26. The lowest BCUT2D eigenvalue weighted by molar-refractivity contribution is -0.166. The smallest absolute Gasteiger partial charge is 0.308 e. The van der Waals surface area contributed by atoms with Gasteiger partial charge in [-0.15, -0.1) is 0 Å². The highest BCUT2D eigenvalue weighted by molar-refractivity contribution is 5.71. The molecule has 1 saturated heterocycles. The van der Waals surface area contributed by atoms with E-state index in [1.165, 1.54) is 0 Å². The van der Waals surface area contributed by atoms with E-state index in [2.05, 4.69) is 0 Å². The third-order valence-electron chi connectivity index (χ3n) is 2.78. The molecule has 92 valence electrons. The molecule has 3 atom stereocenters. The van der Waals surface area contributed by atoms with Gasteiger partial charge in [0.1, 0.15) is 18.0 Å². The van der Waals surface area contributed by atoms with Gasteiger partial charge in [0.2, 0.25) is 0 Å². The average molecular weight is 236 g/mol. The van der Waals surface area contributed by atoms with Crippen molar-refractivity contribution >= 4 is 5.97 Å². The summed E-state index contributed by atoms with van der Waals surface area (Å²) in [5, 5.41) is 9.51. The first-order valence-corrected chi connectivity index (χ1v) is 5.74. The molecule has 1 aliphatic heterocycles. The summed E-state index contributed by atoms with van der Waals surface area (Å²) >= 11 is 0. The van der Waals surface area contributed by atoms with Crippen molar-refractivity contribution in [2.75, 3.05) is 0 Å². The van der Waals surface area contributed by atoms with Gasteiger partial charge < -0.3 is 14.6 Å². The maximum absolute atomic E-state index is 11.2. The van der Waals surface area contributed by atoms with E-state index < -0.39 is 6.10 Å². The van der Waals surface area contributed by atoms with E-state index >= 15 is 0 Å². The van der Waals surface area contributed by atoms with Crippen LogP contribution in [-0.2, 0) is 9.53 Å². The summed E-state index contributed by atoms with van der Waals surface area (Å²) < 4.78 is 10.8. The first kappa shape index (κ1) is 11.9. The van der Waals surface area contributed by atoms with E-state index in [-0.39, 0.29) is 24.6 Å². The molecule has 0 radical (unpaired) electrons. The number of rotatable bonds is 3. The second-order valence-electron chi connectivity index (χ2n) is 4.26. The predicted octanol–water partition coefficient (Wildman–Crippen LogP) is 1.52. The highest BCUT2D eigenvalue weighted by Crippen LogP contribution is 2.21. The van der Waals surface area contributed by atoms with Crippen molar-refractivity contribution in [1.29, 1.82) is 0 Å². The van der Waals surface area contributed by atoms with E-state index in [0.29, 0.717) is 6.42 Å². The molecule has 0 bridgehead atoms. The zero-order valence-corrected chi connectivity index (χ0v) is 9.70. The number of ether oxygens (including phenoxy) is 2. The van der Waals surface area contributed by atoms with Gasteiger partial charge in [0.05, 0.1) is 12.5 Å². The topological polar surface area (TPSA) is 55.8 Å². The lowest BCUT2D eigenvalue weighted by Gasteiger charge is -2.30. The molecule has 17 heavy (non-hydrogen) atoms. The fourth-order valence-electron chi connectivity index (χ4n) is 1.89. The van der Waals surface area contributed by atoms with Crippen molar-refractivity contribution in [3.63, 3.8) is 0 Å². The van der Waals surface area contributed by atoms with Crippen molar-refractivity contribution in [3.05, 3.63) is 30.3 Å². The van der Waals surface area contributed by atoms with E-state index in [0.717, 1.165) is 5.75 Å². The van der Waals surface area contributed by atoms with Crippen LogP contribution in [0.3, 0.4) is 0 Å². The minimum atomic E-state index is -0.622. The van der Waals surface area contributed by atoms with Gasteiger partial charge >= 0.3 is 5.97 Å².